The number of thioether (sulfide) groups is 1. The highest BCUT2D eigenvalue weighted by atomic mass is 32.2. The van der Waals surface area contributed by atoms with Crippen molar-refractivity contribution >= 4 is 29.8 Å². The van der Waals surface area contributed by atoms with Crippen LogP contribution in [-0.2, 0) is 19.7 Å². The molecule has 26 heavy (non-hydrogen) atoms. The van der Waals surface area contributed by atoms with Gasteiger partial charge in [-0.05, 0) is 34.1 Å². The highest BCUT2D eigenvalue weighted by Crippen LogP contribution is 2.34. The molecule has 0 aromatic heterocycles. The van der Waals surface area contributed by atoms with E-state index in [9.17, 15) is 9.59 Å². The molecule has 5 nitrogen and oxygen atoms in total. The van der Waals surface area contributed by atoms with E-state index in [0.29, 0.717) is 12.3 Å². The van der Waals surface area contributed by atoms with E-state index in [1.54, 1.807) is 11.8 Å². The van der Waals surface area contributed by atoms with Crippen molar-refractivity contribution in [3.05, 3.63) is 34.2 Å². The van der Waals surface area contributed by atoms with Crippen LogP contribution in [0.3, 0.4) is 0 Å². The van der Waals surface area contributed by atoms with Gasteiger partial charge in [0.25, 0.3) is 0 Å². The van der Waals surface area contributed by atoms with Crippen LogP contribution in [0.2, 0.25) is 0 Å². The lowest BCUT2D eigenvalue weighted by Gasteiger charge is -2.27. The molecular formula is C20H27NO4S. The highest BCUT2D eigenvalue weighted by Gasteiger charge is 2.21. The van der Waals surface area contributed by atoms with Gasteiger partial charge in [0, 0.05) is 31.3 Å². The van der Waals surface area contributed by atoms with E-state index in [1.807, 2.05) is 12.1 Å². The minimum absolute atomic E-state index is 0.143. The zero-order valence-corrected chi connectivity index (χ0v) is 16.9. The molecule has 1 aliphatic rings. The highest BCUT2D eigenvalue weighted by molar-refractivity contribution is 8.03. The van der Waals surface area contributed by atoms with E-state index in [-0.39, 0.29) is 17.4 Å². The van der Waals surface area contributed by atoms with Crippen LogP contribution in [0.1, 0.15) is 38.8 Å². The molecule has 0 saturated carbocycles. The summed E-state index contributed by atoms with van der Waals surface area (Å²) in [6.45, 7) is 9.62. The fourth-order valence-corrected chi connectivity index (χ4v) is 3.88. The Morgan fingerprint density at radius 3 is 2.65 bits per heavy atom. The maximum atomic E-state index is 11.5. The Morgan fingerprint density at radius 2 is 2.04 bits per heavy atom. The fourth-order valence-electron chi connectivity index (χ4n) is 2.77. The quantitative estimate of drug-likeness (QED) is 0.592. The Hall–Kier alpha value is -1.79. The molecule has 142 valence electrons. The van der Waals surface area contributed by atoms with Gasteiger partial charge >= 0.3 is 11.9 Å². The molecule has 1 heterocycles. The second-order valence-corrected chi connectivity index (χ2v) is 8.57. The smallest absolute Gasteiger partial charge is 0.319 e. The molecule has 0 aliphatic carbocycles. The summed E-state index contributed by atoms with van der Waals surface area (Å²) in [5.74, 6) is 1.02. The van der Waals surface area contributed by atoms with Crippen molar-refractivity contribution in [2.75, 3.05) is 32.5 Å². The van der Waals surface area contributed by atoms with Crippen molar-refractivity contribution in [2.24, 2.45) is 0 Å². The van der Waals surface area contributed by atoms with Gasteiger partial charge in [-0.25, -0.2) is 0 Å². The van der Waals surface area contributed by atoms with E-state index in [0.717, 1.165) is 30.0 Å². The normalized spacial score (nSPS) is 17.2. The molecule has 1 fully saturated rings. The lowest BCUT2D eigenvalue weighted by molar-refractivity contribution is -0.141. The predicted molar refractivity (Wildman–Crippen MR) is 105 cm³/mol. The molecule has 1 saturated heterocycles. The van der Waals surface area contributed by atoms with Crippen molar-refractivity contribution in [3.8, 4) is 5.75 Å². The Balaban J connectivity index is 2.23. The molecule has 6 heteroatoms. The summed E-state index contributed by atoms with van der Waals surface area (Å²) in [5.41, 5.74) is 1.91. The van der Waals surface area contributed by atoms with Gasteiger partial charge in [-0.15, -0.1) is 11.8 Å². The van der Waals surface area contributed by atoms with E-state index >= 15 is 0 Å². The van der Waals surface area contributed by atoms with E-state index in [1.165, 1.54) is 18.9 Å². The fraction of sp³-hybridized carbons (Fsp3) is 0.500. The standard InChI is InChI=1S/C20H27NO4S/c1-14(22)25-18-7-6-15(11-17(18)20(2,3)4)10-16-12-21(8-9-26-16)13-19(23)24-5/h6-7,10-11H,8-9,12-13H2,1-5H3. The number of hydrogen-bond donors (Lipinski definition) is 0. The molecular weight excluding hydrogens is 350 g/mol. The van der Waals surface area contributed by atoms with Gasteiger partial charge in [0.15, 0.2) is 0 Å². The SMILES string of the molecule is COC(=O)CN1CCSC(=Cc2ccc(OC(C)=O)c(C(C)(C)C)c2)C1. The summed E-state index contributed by atoms with van der Waals surface area (Å²) in [6.07, 6.45) is 2.14. The number of carbonyl (C=O) groups is 2. The number of esters is 2. The third-order valence-corrected chi connectivity index (χ3v) is 5.05. The van der Waals surface area contributed by atoms with Gasteiger partial charge in [-0.1, -0.05) is 26.8 Å². The number of hydrogen-bond acceptors (Lipinski definition) is 6. The summed E-state index contributed by atoms with van der Waals surface area (Å²) in [4.78, 5) is 26.2. The Labute approximate surface area is 159 Å². The van der Waals surface area contributed by atoms with Crippen LogP contribution in [0.15, 0.2) is 23.1 Å². The maximum Gasteiger partial charge on any atom is 0.319 e. The van der Waals surface area contributed by atoms with Crippen LogP contribution < -0.4 is 4.74 Å². The van der Waals surface area contributed by atoms with Gasteiger partial charge < -0.3 is 9.47 Å². The van der Waals surface area contributed by atoms with E-state index in [2.05, 4.69) is 37.8 Å². The molecule has 0 unspecified atom stereocenters. The minimum Gasteiger partial charge on any atom is -0.468 e. The van der Waals surface area contributed by atoms with Crippen molar-refractivity contribution in [1.82, 2.24) is 4.90 Å². The van der Waals surface area contributed by atoms with Crippen LogP contribution >= 0.6 is 11.8 Å². The minimum atomic E-state index is -0.317. The average molecular weight is 378 g/mol. The first-order valence-electron chi connectivity index (χ1n) is 8.64. The molecule has 0 N–H and O–H groups in total. The number of carbonyl (C=O) groups excluding carboxylic acids is 2. The second kappa shape index (κ2) is 8.73. The molecule has 1 aromatic carbocycles. The maximum absolute atomic E-state index is 11.5. The molecule has 0 atom stereocenters. The lowest BCUT2D eigenvalue weighted by Crippen LogP contribution is -2.36. The summed E-state index contributed by atoms with van der Waals surface area (Å²) in [5, 5.41) is 0. The third-order valence-electron chi connectivity index (χ3n) is 4.05. The van der Waals surface area contributed by atoms with Gasteiger partial charge in [0.2, 0.25) is 0 Å². The molecule has 0 radical (unpaired) electrons. The number of ether oxygens (including phenoxy) is 2. The molecule has 0 bridgehead atoms. The molecule has 2 rings (SSSR count). The van der Waals surface area contributed by atoms with E-state index in [4.69, 9.17) is 9.47 Å². The zero-order valence-electron chi connectivity index (χ0n) is 16.1. The molecule has 1 aliphatic heterocycles. The van der Waals surface area contributed by atoms with Crippen LogP contribution in [0.4, 0.5) is 0 Å². The van der Waals surface area contributed by atoms with E-state index < -0.39 is 0 Å². The predicted octanol–water partition coefficient (Wildman–Crippen LogP) is 3.47. The number of nitrogens with zero attached hydrogens (tertiary/aromatic N) is 1. The first-order valence-corrected chi connectivity index (χ1v) is 9.63. The van der Waals surface area contributed by atoms with Crippen molar-refractivity contribution in [2.45, 2.75) is 33.1 Å². The Bertz CT molecular complexity index is 706. The van der Waals surface area contributed by atoms with Gasteiger partial charge in [-0.2, -0.15) is 0 Å². The van der Waals surface area contributed by atoms with Crippen LogP contribution in [-0.4, -0.2) is 49.3 Å². The van der Waals surface area contributed by atoms with Crippen LogP contribution in [0.25, 0.3) is 6.08 Å². The first kappa shape index (κ1) is 20.5. The lowest BCUT2D eigenvalue weighted by atomic mass is 9.85. The molecule has 0 spiro atoms. The van der Waals surface area contributed by atoms with Crippen LogP contribution in [0.5, 0.6) is 5.75 Å². The van der Waals surface area contributed by atoms with Crippen molar-refractivity contribution in [3.63, 3.8) is 0 Å². The Morgan fingerprint density at radius 1 is 1.31 bits per heavy atom. The second-order valence-electron chi connectivity index (χ2n) is 7.35. The van der Waals surface area contributed by atoms with Gasteiger partial charge in [0.1, 0.15) is 5.75 Å². The number of methoxy groups -OCH3 is 1. The van der Waals surface area contributed by atoms with Crippen molar-refractivity contribution < 1.29 is 19.1 Å². The monoisotopic (exact) mass is 377 g/mol. The van der Waals surface area contributed by atoms with Crippen molar-refractivity contribution in [1.29, 1.82) is 0 Å². The van der Waals surface area contributed by atoms with Crippen LogP contribution in [0, 0.1) is 0 Å². The molecule has 0 amide bonds. The molecule has 1 aromatic rings. The largest absolute Gasteiger partial charge is 0.468 e. The topological polar surface area (TPSA) is 55.8 Å². The summed E-state index contributed by atoms with van der Waals surface area (Å²) >= 11 is 1.81. The van der Waals surface area contributed by atoms with Gasteiger partial charge in [-0.3, -0.25) is 14.5 Å². The third kappa shape index (κ3) is 5.88. The summed E-state index contributed by atoms with van der Waals surface area (Å²) in [6, 6.07) is 5.89. The number of rotatable bonds is 4. The van der Waals surface area contributed by atoms with Gasteiger partial charge in [0.05, 0.1) is 13.7 Å². The number of benzene rings is 1. The average Bonchev–Trinajstić information content (AvgIpc) is 2.55. The Kier molecular flexibility index (Phi) is 6.89. The zero-order chi connectivity index (χ0) is 19.3. The summed E-state index contributed by atoms with van der Waals surface area (Å²) < 4.78 is 10.1. The first-order chi connectivity index (χ1) is 12.2. The summed E-state index contributed by atoms with van der Waals surface area (Å²) in [7, 11) is 1.41.